The van der Waals surface area contributed by atoms with Crippen molar-refractivity contribution in [1.29, 1.82) is 0 Å². The van der Waals surface area contributed by atoms with Gasteiger partial charge in [-0.15, -0.1) is 0 Å². The van der Waals surface area contributed by atoms with Crippen LogP contribution in [-0.4, -0.2) is 47.9 Å². The van der Waals surface area contributed by atoms with E-state index in [2.05, 4.69) is 20.8 Å². The standard InChI is InChI=1S/C22H23FN6O2/c23-18-9-16-19(10-20(18)28-7-5-24-6-8-28)29(15-1-2-15)13-17(21(16)30)22(31)27-26-12-14-3-4-25-11-14/h3-4,9-13,15,24-25H,1-2,5-8H2,(H,27,31)/b26-12+. The summed E-state index contributed by atoms with van der Waals surface area (Å²) >= 11 is 0. The summed E-state index contributed by atoms with van der Waals surface area (Å²) in [5.74, 6) is -1.06. The van der Waals surface area contributed by atoms with Crippen molar-refractivity contribution in [1.82, 2.24) is 20.3 Å². The second kappa shape index (κ2) is 7.99. The Labute approximate surface area is 177 Å². The van der Waals surface area contributed by atoms with Gasteiger partial charge in [0.05, 0.1) is 17.4 Å². The molecule has 3 heterocycles. The maximum absolute atomic E-state index is 15.0. The summed E-state index contributed by atoms with van der Waals surface area (Å²) in [6, 6.07) is 5.03. The van der Waals surface area contributed by atoms with Crippen LogP contribution in [0.2, 0.25) is 0 Å². The molecule has 0 atom stereocenters. The highest BCUT2D eigenvalue weighted by molar-refractivity contribution is 5.98. The Kier molecular flexibility index (Phi) is 5.03. The second-order valence-corrected chi connectivity index (χ2v) is 7.91. The van der Waals surface area contributed by atoms with Crippen molar-refractivity contribution >= 4 is 28.7 Å². The van der Waals surface area contributed by atoms with E-state index in [0.717, 1.165) is 31.5 Å². The Hall–Kier alpha value is -3.46. The summed E-state index contributed by atoms with van der Waals surface area (Å²) in [4.78, 5) is 30.6. The van der Waals surface area contributed by atoms with Gasteiger partial charge in [0.15, 0.2) is 0 Å². The van der Waals surface area contributed by atoms with E-state index in [1.807, 2.05) is 9.47 Å². The van der Waals surface area contributed by atoms with Crippen LogP contribution < -0.4 is 21.1 Å². The number of pyridine rings is 1. The number of aromatic amines is 1. The molecule has 5 rings (SSSR count). The van der Waals surface area contributed by atoms with Gasteiger partial charge in [0.1, 0.15) is 11.4 Å². The molecule has 2 fully saturated rings. The zero-order valence-electron chi connectivity index (χ0n) is 16.9. The average molecular weight is 422 g/mol. The number of benzene rings is 1. The lowest BCUT2D eigenvalue weighted by Crippen LogP contribution is -2.43. The first-order valence-corrected chi connectivity index (χ1v) is 10.4. The largest absolute Gasteiger partial charge is 0.367 e. The van der Waals surface area contributed by atoms with Gasteiger partial charge < -0.3 is 19.8 Å². The summed E-state index contributed by atoms with van der Waals surface area (Å²) in [5.41, 5.74) is 3.81. The van der Waals surface area contributed by atoms with Crippen LogP contribution in [0, 0.1) is 5.82 Å². The van der Waals surface area contributed by atoms with E-state index in [4.69, 9.17) is 0 Å². The van der Waals surface area contributed by atoms with E-state index >= 15 is 0 Å². The number of halogens is 1. The van der Waals surface area contributed by atoms with Crippen LogP contribution in [0.15, 0.2) is 46.7 Å². The first-order valence-electron chi connectivity index (χ1n) is 10.4. The minimum absolute atomic E-state index is 0.0417. The van der Waals surface area contributed by atoms with Crippen LogP contribution >= 0.6 is 0 Å². The van der Waals surface area contributed by atoms with E-state index in [1.54, 1.807) is 30.7 Å². The Bertz CT molecular complexity index is 1210. The van der Waals surface area contributed by atoms with E-state index in [1.165, 1.54) is 12.3 Å². The summed E-state index contributed by atoms with van der Waals surface area (Å²) in [5, 5.41) is 7.39. The van der Waals surface area contributed by atoms with Gasteiger partial charge in [-0.1, -0.05) is 0 Å². The molecular weight excluding hydrogens is 399 g/mol. The molecule has 9 heteroatoms. The number of anilines is 1. The van der Waals surface area contributed by atoms with Crippen LogP contribution in [0.1, 0.15) is 34.8 Å². The van der Waals surface area contributed by atoms with Crippen molar-refractivity contribution in [2.24, 2.45) is 5.10 Å². The van der Waals surface area contributed by atoms with Gasteiger partial charge >= 0.3 is 0 Å². The minimum atomic E-state index is -0.611. The van der Waals surface area contributed by atoms with Gasteiger partial charge in [0.25, 0.3) is 5.91 Å². The predicted molar refractivity (Wildman–Crippen MR) is 117 cm³/mol. The summed E-state index contributed by atoms with van der Waals surface area (Å²) < 4.78 is 16.9. The number of rotatable bonds is 5. The third-order valence-corrected chi connectivity index (χ3v) is 5.75. The number of nitrogens with zero attached hydrogens (tertiary/aromatic N) is 3. The van der Waals surface area contributed by atoms with Crippen LogP contribution in [0.5, 0.6) is 0 Å². The maximum Gasteiger partial charge on any atom is 0.276 e. The van der Waals surface area contributed by atoms with Crippen LogP contribution in [0.4, 0.5) is 10.1 Å². The van der Waals surface area contributed by atoms with Crippen LogP contribution in [0.25, 0.3) is 10.9 Å². The molecule has 1 amide bonds. The fourth-order valence-corrected chi connectivity index (χ4v) is 3.97. The fourth-order valence-electron chi connectivity index (χ4n) is 3.97. The Morgan fingerprint density at radius 2 is 2.06 bits per heavy atom. The minimum Gasteiger partial charge on any atom is -0.367 e. The number of hydrogen-bond acceptors (Lipinski definition) is 5. The number of H-pyrrole nitrogens is 1. The molecule has 1 saturated carbocycles. The molecule has 160 valence electrons. The number of hydrazone groups is 1. The number of fused-ring (bicyclic) bond motifs is 1. The van der Waals surface area contributed by atoms with Crippen molar-refractivity contribution in [3.8, 4) is 0 Å². The lowest BCUT2D eigenvalue weighted by Gasteiger charge is -2.30. The molecule has 8 nitrogen and oxygen atoms in total. The van der Waals surface area contributed by atoms with Gasteiger partial charge in [-0.3, -0.25) is 9.59 Å². The molecule has 0 spiro atoms. The van der Waals surface area contributed by atoms with Gasteiger partial charge in [-0.2, -0.15) is 5.10 Å². The molecule has 2 aromatic heterocycles. The van der Waals surface area contributed by atoms with E-state index < -0.39 is 17.2 Å². The zero-order chi connectivity index (χ0) is 21.4. The van der Waals surface area contributed by atoms with E-state index in [-0.39, 0.29) is 17.0 Å². The molecule has 2 aliphatic rings. The van der Waals surface area contributed by atoms with E-state index in [0.29, 0.717) is 24.3 Å². The molecular formula is C22H23FN6O2. The second-order valence-electron chi connectivity index (χ2n) is 7.91. The maximum atomic E-state index is 15.0. The predicted octanol–water partition coefficient (Wildman–Crippen LogP) is 1.98. The number of amides is 1. The van der Waals surface area contributed by atoms with Gasteiger partial charge in [-0.05, 0) is 31.0 Å². The first-order chi connectivity index (χ1) is 15.1. The normalized spacial score (nSPS) is 16.9. The van der Waals surface area contributed by atoms with Crippen molar-refractivity contribution < 1.29 is 9.18 Å². The highest BCUT2D eigenvalue weighted by Crippen LogP contribution is 2.38. The molecule has 1 saturated heterocycles. The van der Waals surface area contributed by atoms with Crippen molar-refractivity contribution in [3.05, 3.63) is 64.0 Å². The Balaban J connectivity index is 1.53. The monoisotopic (exact) mass is 422 g/mol. The lowest BCUT2D eigenvalue weighted by molar-refractivity contribution is 0.0953. The van der Waals surface area contributed by atoms with Crippen LogP contribution in [-0.2, 0) is 0 Å². The Morgan fingerprint density at radius 3 is 2.77 bits per heavy atom. The number of piperazine rings is 1. The van der Waals surface area contributed by atoms with Gasteiger partial charge in [0, 0.05) is 61.8 Å². The third-order valence-electron chi connectivity index (χ3n) is 5.75. The number of nitrogens with one attached hydrogen (secondary N) is 3. The molecule has 1 aromatic carbocycles. The Morgan fingerprint density at radius 1 is 1.26 bits per heavy atom. The molecule has 1 aliphatic carbocycles. The number of carbonyl (C=O) groups is 1. The SMILES string of the molecule is O=C(N/N=C/c1cc[nH]c1)c1cn(C2CC2)c2cc(N3CCNCC3)c(F)cc2c1=O. The average Bonchev–Trinajstić information content (AvgIpc) is 3.50. The first kappa shape index (κ1) is 19.5. The summed E-state index contributed by atoms with van der Waals surface area (Å²) in [6.07, 6.45) is 8.46. The number of aromatic nitrogens is 2. The molecule has 3 N–H and O–H groups in total. The summed E-state index contributed by atoms with van der Waals surface area (Å²) in [7, 11) is 0. The lowest BCUT2D eigenvalue weighted by atomic mass is 10.1. The number of carbonyl (C=O) groups excluding carboxylic acids is 1. The number of hydrogen-bond donors (Lipinski definition) is 3. The highest BCUT2D eigenvalue weighted by atomic mass is 19.1. The molecule has 1 aliphatic heterocycles. The highest BCUT2D eigenvalue weighted by Gasteiger charge is 2.28. The smallest absolute Gasteiger partial charge is 0.276 e. The molecule has 31 heavy (non-hydrogen) atoms. The zero-order valence-corrected chi connectivity index (χ0v) is 16.9. The molecule has 0 unspecified atom stereocenters. The quantitative estimate of drug-likeness (QED) is 0.433. The van der Waals surface area contributed by atoms with Crippen molar-refractivity contribution in [2.45, 2.75) is 18.9 Å². The van der Waals surface area contributed by atoms with Gasteiger partial charge in [0.2, 0.25) is 5.43 Å². The van der Waals surface area contributed by atoms with E-state index in [9.17, 15) is 14.0 Å². The molecule has 3 aromatic rings. The summed E-state index contributed by atoms with van der Waals surface area (Å²) in [6.45, 7) is 2.98. The fraction of sp³-hybridized carbons (Fsp3) is 0.318. The third kappa shape index (κ3) is 3.84. The van der Waals surface area contributed by atoms with Crippen molar-refractivity contribution in [3.63, 3.8) is 0 Å². The van der Waals surface area contributed by atoms with Crippen molar-refractivity contribution in [2.75, 3.05) is 31.1 Å². The topological polar surface area (TPSA) is 94.5 Å². The van der Waals surface area contributed by atoms with Crippen LogP contribution in [0.3, 0.4) is 0 Å². The molecule has 0 radical (unpaired) electrons. The molecule has 0 bridgehead atoms. The van der Waals surface area contributed by atoms with Gasteiger partial charge in [-0.25, -0.2) is 9.82 Å².